The quantitative estimate of drug-likeness (QED) is 0.600. The first-order valence-corrected chi connectivity index (χ1v) is 7.98. The van der Waals surface area contributed by atoms with E-state index in [1.165, 1.54) is 31.4 Å². The summed E-state index contributed by atoms with van der Waals surface area (Å²) in [5, 5.41) is 12.0. The summed E-state index contributed by atoms with van der Waals surface area (Å²) in [5.74, 6) is -0.665. The van der Waals surface area contributed by atoms with Crippen LogP contribution in [0.3, 0.4) is 0 Å². The van der Waals surface area contributed by atoms with Gasteiger partial charge < -0.3 is 14.8 Å². The molecule has 2 aromatic rings. The summed E-state index contributed by atoms with van der Waals surface area (Å²) in [6.07, 6.45) is 1.29. The van der Waals surface area contributed by atoms with Crippen LogP contribution in [0.1, 0.15) is 16.7 Å². The maximum Gasteiger partial charge on any atom is 0.387 e. The van der Waals surface area contributed by atoms with Crippen molar-refractivity contribution in [1.82, 2.24) is 0 Å². The minimum absolute atomic E-state index is 0.117. The summed E-state index contributed by atoms with van der Waals surface area (Å²) in [6, 6.07) is 11.6. The predicted octanol–water partition coefficient (Wildman–Crippen LogP) is 4.46. The van der Waals surface area contributed by atoms with Crippen molar-refractivity contribution in [3.63, 3.8) is 0 Å². The number of carbonyl (C=O) groups excluding carboxylic acids is 1. The smallest absolute Gasteiger partial charge is 0.387 e. The number of rotatable bonds is 6. The van der Waals surface area contributed by atoms with Crippen molar-refractivity contribution in [1.29, 1.82) is 5.26 Å². The highest BCUT2D eigenvalue weighted by Gasteiger charge is 2.14. The molecule has 27 heavy (non-hydrogen) atoms. The second kappa shape index (κ2) is 8.81. The zero-order valence-corrected chi connectivity index (χ0v) is 15.0. The lowest BCUT2D eigenvalue weighted by molar-refractivity contribution is -0.112. The zero-order chi connectivity index (χ0) is 20.0. The number of amides is 1. The number of benzene rings is 2. The molecule has 0 unspecified atom stereocenters. The molecular formula is C20H18F2N2O3. The molecule has 0 aliphatic heterocycles. The van der Waals surface area contributed by atoms with Gasteiger partial charge in [0, 0.05) is 5.69 Å². The molecule has 0 aliphatic carbocycles. The zero-order valence-electron chi connectivity index (χ0n) is 15.0. The standard InChI is InChI=1S/C20H18F2N2O3/c1-12-5-4-6-13(2)18(12)24-19(25)15(11-23)9-14-7-8-16(26-3)17(10-14)27-20(21)22/h4-10,20H,1-3H3,(H,24,25)/b15-9+. The first kappa shape index (κ1) is 19.9. The summed E-state index contributed by atoms with van der Waals surface area (Å²) in [7, 11) is 1.32. The predicted molar refractivity (Wildman–Crippen MR) is 97.8 cm³/mol. The minimum atomic E-state index is -3.03. The van der Waals surface area contributed by atoms with Crippen molar-refractivity contribution >= 4 is 17.7 Å². The van der Waals surface area contributed by atoms with Gasteiger partial charge in [0.25, 0.3) is 5.91 Å². The lowest BCUT2D eigenvalue weighted by Crippen LogP contribution is -2.15. The molecule has 0 saturated carbocycles. The minimum Gasteiger partial charge on any atom is -0.493 e. The molecule has 0 heterocycles. The van der Waals surface area contributed by atoms with E-state index in [1.807, 2.05) is 38.1 Å². The van der Waals surface area contributed by atoms with E-state index in [2.05, 4.69) is 10.1 Å². The van der Waals surface area contributed by atoms with Gasteiger partial charge in [-0.2, -0.15) is 14.0 Å². The van der Waals surface area contributed by atoms with Gasteiger partial charge in [-0.15, -0.1) is 0 Å². The number of halogens is 2. The van der Waals surface area contributed by atoms with E-state index >= 15 is 0 Å². The number of nitriles is 1. The Bertz CT molecular complexity index is 898. The van der Waals surface area contributed by atoms with Gasteiger partial charge in [0.2, 0.25) is 0 Å². The van der Waals surface area contributed by atoms with Gasteiger partial charge in [0.15, 0.2) is 11.5 Å². The second-order valence-corrected chi connectivity index (χ2v) is 5.68. The van der Waals surface area contributed by atoms with Gasteiger partial charge in [-0.05, 0) is 48.7 Å². The molecule has 140 valence electrons. The third-order valence-corrected chi connectivity index (χ3v) is 3.80. The van der Waals surface area contributed by atoms with Crippen LogP contribution in [-0.4, -0.2) is 19.6 Å². The number of ether oxygens (including phenoxy) is 2. The Morgan fingerprint density at radius 2 is 1.85 bits per heavy atom. The molecule has 7 heteroatoms. The molecule has 0 fully saturated rings. The number of alkyl halides is 2. The largest absolute Gasteiger partial charge is 0.493 e. The summed E-state index contributed by atoms with van der Waals surface area (Å²) in [5.41, 5.74) is 2.51. The molecule has 0 atom stereocenters. The Labute approximate surface area is 155 Å². The third-order valence-electron chi connectivity index (χ3n) is 3.80. The van der Waals surface area contributed by atoms with Crippen LogP contribution in [0.15, 0.2) is 42.0 Å². The van der Waals surface area contributed by atoms with Gasteiger partial charge >= 0.3 is 6.61 Å². The summed E-state index contributed by atoms with van der Waals surface area (Å²) in [6.45, 7) is 0.659. The second-order valence-electron chi connectivity index (χ2n) is 5.68. The Kier molecular flexibility index (Phi) is 6.50. The lowest BCUT2D eigenvalue weighted by atomic mass is 10.1. The molecule has 1 N–H and O–H groups in total. The normalized spacial score (nSPS) is 11.1. The van der Waals surface area contributed by atoms with Crippen molar-refractivity contribution in [2.24, 2.45) is 0 Å². The Balaban J connectivity index is 2.32. The molecular weight excluding hydrogens is 354 g/mol. The van der Waals surface area contributed by atoms with Gasteiger partial charge in [0.1, 0.15) is 11.6 Å². The van der Waals surface area contributed by atoms with E-state index in [4.69, 9.17) is 4.74 Å². The number of methoxy groups -OCH3 is 1. The van der Waals surface area contributed by atoms with Crippen molar-refractivity contribution in [3.8, 4) is 17.6 Å². The van der Waals surface area contributed by atoms with E-state index in [0.29, 0.717) is 11.3 Å². The van der Waals surface area contributed by atoms with Crippen LogP contribution in [-0.2, 0) is 4.79 Å². The molecule has 0 aliphatic rings. The molecule has 0 radical (unpaired) electrons. The van der Waals surface area contributed by atoms with E-state index in [1.54, 1.807) is 0 Å². The topological polar surface area (TPSA) is 71.3 Å². The molecule has 0 spiro atoms. The number of anilines is 1. The first-order chi connectivity index (χ1) is 12.8. The van der Waals surface area contributed by atoms with Crippen LogP contribution >= 0.6 is 0 Å². The number of carbonyl (C=O) groups is 1. The first-order valence-electron chi connectivity index (χ1n) is 7.98. The van der Waals surface area contributed by atoms with Gasteiger partial charge in [-0.3, -0.25) is 4.79 Å². The fourth-order valence-electron chi connectivity index (χ4n) is 2.48. The van der Waals surface area contributed by atoms with Crippen LogP contribution in [0.2, 0.25) is 0 Å². The van der Waals surface area contributed by atoms with Crippen molar-refractivity contribution < 1.29 is 23.0 Å². The Morgan fingerprint density at radius 1 is 1.19 bits per heavy atom. The highest BCUT2D eigenvalue weighted by Crippen LogP contribution is 2.30. The molecule has 1 amide bonds. The number of hydrogen-bond donors (Lipinski definition) is 1. The Hall–Kier alpha value is -3.40. The highest BCUT2D eigenvalue weighted by atomic mass is 19.3. The number of para-hydroxylation sites is 1. The van der Waals surface area contributed by atoms with Gasteiger partial charge in [-0.1, -0.05) is 24.3 Å². The molecule has 0 bridgehead atoms. The van der Waals surface area contributed by atoms with Gasteiger partial charge in [-0.25, -0.2) is 0 Å². The number of nitrogens with zero attached hydrogens (tertiary/aromatic N) is 1. The number of nitrogens with one attached hydrogen (secondary N) is 1. The lowest BCUT2D eigenvalue weighted by Gasteiger charge is -2.12. The van der Waals surface area contributed by atoms with Crippen LogP contribution in [0.5, 0.6) is 11.5 Å². The fraction of sp³-hybridized carbons (Fsp3) is 0.200. The third kappa shape index (κ3) is 5.05. The SMILES string of the molecule is COc1ccc(/C=C(\C#N)C(=O)Nc2c(C)cccc2C)cc1OC(F)F. The molecule has 0 saturated heterocycles. The van der Waals surface area contributed by atoms with E-state index < -0.39 is 12.5 Å². The highest BCUT2D eigenvalue weighted by molar-refractivity contribution is 6.10. The van der Waals surface area contributed by atoms with Crippen molar-refractivity contribution in [3.05, 3.63) is 58.7 Å². The number of hydrogen-bond acceptors (Lipinski definition) is 4. The summed E-state index contributed by atoms with van der Waals surface area (Å²) in [4.78, 5) is 12.5. The van der Waals surface area contributed by atoms with Gasteiger partial charge in [0.05, 0.1) is 7.11 Å². The molecule has 2 rings (SSSR count). The maximum absolute atomic E-state index is 12.5. The van der Waals surface area contributed by atoms with Crippen molar-refractivity contribution in [2.75, 3.05) is 12.4 Å². The summed E-state index contributed by atoms with van der Waals surface area (Å²) >= 11 is 0. The monoisotopic (exact) mass is 372 g/mol. The molecule has 2 aromatic carbocycles. The summed E-state index contributed by atoms with van der Waals surface area (Å²) < 4.78 is 34.4. The van der Waals surface area contributed by atoms with E-state index in [-0.39, 0.29) is 17.1 Å². The average Bonchev–Trinajstić information content (AvgIpc) is 2.62. The number of aryl methyl sites for hydroxylation is 2. The maximum atomic E-state index is 12.5. The Morgan fingerprint density at radius 3 is 2.41 bits per heavy atom. The van der Waals surface area contributed by atoms with Crippen LogP contribution in [0, 0.1) is 25.2 Å². The van der Waals surface area contributed by atoms with Crippen LogP contribution in [0.4, 0.5) is 14.5 Å². The molecule has 0 aromatic heterocycles. The van der Waals surface area contributed by atoms with Crippen molar-refractivity contribution in [2.45, 2.75) is 20.5 Å². The fourth-order valence-corrected chi connectivity index (χ4v) is 2.48. The molecule has 5 nitrogen and oxygen atoms in total. The van der Waals surface area contributed by atoms with E-state index in [0.717, 1.165) is 11.1 Å². The average molecular weight is 372 g/mol. The van der Waals surface area contributed by atoms with E-state index in [9.17, 15) is 18.8 Å². The van der Waals surface area contributed by atoms with Crippen LogP contribution < -0.4 is 14.8 Å². The van der Waals surface area contributed by atoms with Crippen LogP contribution in [0.25, 0.3) is 6.08 Å².